The Morgan fingerprint density at radius 2 is 1.52 bits per heavy atom. The lowest BCUT2D eigenvalue weighted by Crippen LogP contribution is -2.54. The molecule has 0 unspecified atom stereocenters. The summed E-state index contributed by atoms with van der Waals surface area (Å²) in [6.45, 7) is 7.27. The minimum absolute atomic E-state index is 0.0594. The van der Waals surface area contributed by atoms with Gasteiger partial charge in [0.25, 0.3) is 10.0 Å². The van der Waals surface area contributed by atoms with Gasteiger partial charge in [-0.1, -0.05) is 60.2 Å². The Morgan fingerprint density at radius 3 is 2.13 bits per heavy atom. The van der Waals surface area contributed by atoms with Gasteiger partial charge in [-0.3, -0.25) is 13.9 Å². The van der Waals surface area contributed by atoms with Gasteiger partial charge in [0, 0.05) is 19.0 Å². The molecule has 8 nitrogen and oxygen atoms in total. The molecule has 4 rings (SSSR count). The Hall–Kier alpha value is -4.70. The number of carbonyl (C=O) groups is 2. The molecule has 242 valence electrons. The van der Waals surface area contributed by atoms with Crippen LogP contribution < -0.4 is 14.4 Å². The van der Waals surface area contributed by atoms with Crippen molar-refractivity contribution in [1.29, 1.82) is 0 Å². The highest BCUT2D eigenvalue weighted by atomic mass is 32.2. The number of hydrogen-bond donors (Lipinski definition) is 1. The number of sulfonamides is 1. The molecular formula is C36H40FN3O5S. The molecule has 1 atom stereocenters. The number of rotatable bonds is 14. The van der Waals surface area contributed by atoms with Crippen LogP contribution in [-0.2, 0) is 32.6 Å². The van der Waals surface area contributed by atoms with Crippen molar-refractivity contribution in [3.63, 3.8) is 0 Å². The Balaban J connectivity index is 1.79. The average molecular weight is 646 g/mol. The summed E-state index contributed by atoms with van der Waals surface area (Å²) in [6.07, 6.45) is 0.207. The van der Waals surface area contributed by atoms with Crippen molar-refractivity contribution in [2.45, 2.75) is 57.6 Å². The van der Waals surface area contributed by atoms with Crippen molar-refractivity contribution in [1.82, 2.24) is 10.2 Å². The molecule has 0 radical (unpaired) electrons. The summed E-state index contributed by atoms with van der Waals surface area (Å²) < 4.78 is 48.6. The van der Waals surface area contributed by atoms with Gasteiger partial charge >= 0.3 is 0 Å². The maximum absolute atomic E-state index is 14.5. The molecule has 0 saturated heterocycles. The third-order valence-electron chi connectivity index (χ3n) is 7.25. The first-order valence-corrected chi connectivity index (χ1v) is 16.6. The van der Waals surface area contributed by atoms with E-state index >= 15 is 0 Å². The largest absolute Gasteiger partial charge is 0.494 e. The second-order valence-corrected chi connectivity index (χ2v) is 13.1. The quantitative estimate of drug-likeness (QED) is 0.185. The minimum Gasteiger partial charge on any atom is -0.494 e. The molecular weight excluding hydrogens is 605 g/mol. The lowest BCUT2D eigenvalue weighted by atomic mass is 10.0. The van der Waals surface area contributed by atoms with Crippen molar-refractivity contribution < 1.29 is 27.1 Å². The van der Waals surface area contributed by atoms with Crippen LogP contribution in [0.4, 0.5) is 10.1 Å². The molecule has 0 heterocycles. The summed E-state index contributed by atoms with van der Waals surface area (Å²) in [5.74, 6) is -1.01. The van der Waals surface area contributed by atoms with Gasteiger partial charge in [-0.25, -0.2) is 12.8 Å². The molecule has 0 aliphatic carbocycles. The molecule has 0 spiro atoms. The first kappa shape index (κ1) is 34.2. The van der Waals surface area contributed by atoms with Gasteiger partial charge in [0.15, 0.2) is 0 Å². The summed E-state index contributed by atoms with van der Waals surface area (Å²) >= 11 is 0. The van der Waals surface area contributed by atoms with E-state index in [9.17, 15) is 22.4 Å². The maximum Gasteiger partial charge on any atom is 0.264 e. The summed E-state index contributed by atoms with van der Waals surface area (Å²) in [7, 11) is -4.32. The van der Waals surface area contributed by atoms with E-state index in [0.29, 0.717) is 12.4 Å². The molecule has 4 aromatic rings. The van der Waals surface area contributed by atoms with Crippen molar-refractivity contribution in [3.8, 4) is 5.75 Å². The lowest BCUT2D eigenvalue weighted by molar-refractivity contribution is -0.140. The van der Waals surface area contributed by atoms with Gasteiger partial charge in [-0.15, -0.1) is 0 Å². The minimum atomic E-state index is -4.32. The molecule has 0 aromatic heterocycles. The van der Waals surface area contributed by atoms with Crippen LogP contribution in [0.25, 0.3) is 0 Å². The average Bonchev–Trinajstić information content (AvgIpc) is 3.02. The van der Waals surface area contributed by atoms with E-state index in [1.165, 1.54) is 41.3 Å². The van der Waals surface area contributed by atoms with Crippen LogP contribution >= 0.6 is 0 Å². The van der Waals surface area contributed by atoms with Gasteiger partial charge in [0.05, 0.1) is 17.2 Å². The second-order valence-electron chi connectivity index (χ2n) is 11.3. The van der Waals surface area contributed by atoms with Crippen LogP contribution in [0, 0.1) is 12.7 Å². The van der Waals surface area contributed by atoms with Gasteiger partial charge in [-0.05, 0) is 87.4 Å². The SMILES string of the molecule is CCOc1ccc(S(=O)(=O)N(CC(=O)N(Cc2cccc(C)c2)[C@H](Cc2ccccc2)C(=O)NC(C)C)c2ccc(F)cc2)cc1. The van der Waals surface area contributed by atoms with E-state index in [-0.39, 0.29) is 35.5 Å². The highest BCUT2D eigenvalue weighted by molar-refractivity contribution is 7.92. The molecule has 0 bridgehead atoms. The third-order valence-corrected chi connectivity index (χ3v) is 9.04. The number of benzene rings is 4. The number of aryl methyl sites for hydroxylation is 1. The number of ether oxygens (including phenoxy) is 1. The first-order valence-electron chi connectivity index (χ1n) is 15.2. The third kappa shape index (κ3) is 8.94. The van der Waals surface area contributed by atoms with Crippen molar-refractivity contribution in [3.05, 3.63) is 126 Å². The smallest absolute Gasteiger partial charge is 0.264 e. The zero-order valence-corrected chi connectivity index (χ0v) is 27.3. The van der Waals surface area contributed by atoms with Gasteiger partial charge in [-0.2, -0.15) is 0 Å². The molecule has 0 saturated carbocycles. The van der Waals surface area contributed by atoms with Crippen LogP contribution in [0.15, 0.2) is 108 Å². The van der Waals surface area contributed by atoms with Crippen molar-refractivity contribution >= 4 is 27.5 Å². The molecule has 46 heavy (non-hydrogen) atoms. The highest BCUT2D eigenvalue weighted by Crippen LogP contribution is 2.27. The standard InChI is InChI=1S/C36H40FN3O5S/c1-5-45-32-18-20-33(21-19-32)46(43,44)40(31-16-14-30(37)15-17-31)25-35(41)39(24-29-13-9-10-27(4)22-29)34(36(42)38-26(2)3)23-28-11-7-6-8-12-28/h6-22,26,34H,5,23-25H2,1-4H3,(H,38,42)/t34-/m1/s1. The number of carbonyl (C=O) groups excluding carboxylic acids is 2. The second kappa shape index (κ2) is 15.5. The van der Waals surface area contributed by atoms with Gasteiger partial charge in [0.1, 0.15) is 24.2 Å². The Bertz CT molecular complexity index is 1710. The molecule has 0 aliphatic heterocycles. The molecule has 2 amide bonds. The maximum atomic E-state index is 14.5. The fourth-order valence-corrected chi connectivity index (χ4v) is 6.49. The van der Waals surface area contributed by atoms with Crippen LogP contribution in [0.3, 0.4) is 0 Å². The van der Waals surface area contributed by atoms with E-state index in [1.54, 1.807) is 0 Å². The Morgan fingerprint density at radius 1 is 0.870 bits per heavy atom. The van der Waals surface area contributed by atoms with E-state index in [0.717, 1.165) is 33.1 Å². The first-order chi connectivity index (χ1) is 22.0. The molecule has 0 fully saturated rings. The van der Waals surface area contributed by atoms with Crippen LogP contribution in [0.2, 0.25) is 0 Å². The molecule has 10 heteroatoms. The van der Waals surface area contributed by atoms with E-state index < -0.39 is 34.3 Å². The molecule has 0 aliphatic rings. The van der Waals surface area contributed by atoms with Crippen LogP contribution in [-0.4, -0.2) is 50.4 Å². The van der Waals surface area contributed by atoms with Crippen molar-refractivity contribution in [2.75, 3.05) is 17.5 Å². The van der Waals surface area contributed by atoms with Crippen LogP contribution in [0.5, 0.6) is 5.75 Å². The lowest BCUT2D eigenvalue weighted by Gasteiger charge is -2.34. The van der Waals surface area contributed by atoms with Crippen LogP contribution in [0.1, 0.15) is 37.5 Å². The van der Waals surface area contributed by atoms with Gasteiger partial charge < -0.3 is 15.0 Å². The summed E-state index contributed by atoms with van der Waals surface area (Å²) in [5.41, 5.74) is 2.70. The van der Waals surface area contributed by atoms with E-state index in [4.69, 9.17) is 4.74 Å². The number of amides is 2. The van der Waals surface area contributed by atoms with Gasteiger partial charge in [0.2, 0.25) is 11.8 Å². The van der Waals surface area contributed by atoms with Crippen molar-refractivity contribution in [2.24, 2.45) is 0 Å². The number of hydrogen-bond acceptors (Lipinski definition) is 5. The predicted molar refractivity (Wildman–Crippen MR) is 177 cm³/mol. The topological polar surface area (TPSA) is 96.0 Å². The fraction of sp³-hybridized carbons (Fsp3) is 0.278. The molecule has 1 N–H and O–H groups in total. The predicted octanol–water partition coefficient (Wildman–Crippen LogP) is 5.89. The summed E-state index contributed by atoms with van der Waals surface area (Å²) in [4.78, 5) is 29.6. The number of nitrogens with zero attached hydrogens (tertiary/aromatic N) is 2. The zero-order chi connectivity index (χ0) is 33.3. The number of nitrogens with one attached hydrogen (secondary N) is 1. The normalized spacial score (nSPS) is 12.0. The summed E-state index contributed by atoms with van der Waals surface area (Å²) in [6, 6.07) is 26.6. The van der Waals surface area contributed by atoms with E-state index in [2.05, 4.69) is 5.32 Å². The summed E-state index contributed by atoms with van der Waals surface area (Å²) in [5, 5.41) is 2.94. The molecule has 4 aromatic carbocycles. The highest BCUT2D eigenvalue weighted by Gasteiger charge is 2.35. The fourth-order valence-electron chi connectivity index (χ4n) is 5.08. The monoisotopic (exact) mass is 645 g/mol. The Labute approximate surface area is 270 Å². The Kier molecular flexibility index (Phi) is 11.5. The number of anilines is 1. The zero-order valence-electron chi connectivity index (χ0n) is 26.5. The van der Waals surface area contributed by atoms with E-state index in [1.807, 2.05) is 82.3 Å². The number of halogens is 1.